The lowest BCUT2D eigenvalue weighted by atomic mass is 10.0. The molecule has 0 spiro atoms. The molecule has 60 heavy (non-hydrogen) atoms. The normalized spacial score (nSPS) is 11.8. The molecule has 0 saturated carbocycles. The van der Waals surface area contributed by atoms with E-state index >= 15 is 0 Å². The third kappa shape index (κ3) is 47.5. The summed E-state index contributed by atoms with van der Waals surface area (Å²) in [4.78, 5) is 37.8. The first-order chi connectivity index (χ1) is 29.5. The van der Waals surface area contributed by atoms with E-state index in [1.54, 1.807) is 0 Å². The molecule has 0 radical (unpaired) electrons. The van der Waals surface area contributed by atoms with Gasteiger partial charge in [-0.05, 0) is 19.3 Å². The average Bonchev–Trinajstić information content (AvgIpc) is 3.24. The third-order valence-corrected chi connectivity index (χ3v) is 12.4. The molecule has 0 heterocycles. The lowest BCUT2D eigenvalue weighted by Gasteiger charge is -2.18. The van der Waals surface area contributed by atoms with E-state index in [-0.39, 0.29) is 31.1 Å². The van der Waals surface area contributed by atoms with Crippen LogP contribution in [-0.2, 0) is 28.6 Å². The molecule has 0 amide bonds. The summed E-state index contributed by atoms with van der Waals surface area (Å²) >= 11 is 0. The minimum Gasteiger partial charge on any atom is -0.462 e. The Bertz CT molecular complexity index is 889. The van der Waals surface area contributed by atoms with E-state index in [2.05, 4.69) is 20.8 Å². The van der Waals surface area contributed by atoms with Crippen LogP contribution in [0.2, 0.25) is 0 Å². The van der Waals surface area contributed by atoms with Gasteiger partial charge in [-0.25, -0.2) is 0 Å². The fourth-order valence-electron chi connectivity index (χ4n) is 8.27. The van der Waals surface area contributed by atoms with Gasteiger partial charge in [-0.15, -0.1) is 0 Å². The molecule has 0 aliphatic heterocycles. The maximum Gasteiger partial charge on any atom is 0.306 e. The smallest absolute Gasteiger partial charge is 0.306 e. The maximum absolute atomic E-state index is 12.7. The Morgan fingerprint density at radius 2 is 0.450 bits per heavy atom. The molecule has 0 saturated heterocycles. The molecule has 0 bridgehead atoms. The Balaban J connectivity index is 4.06. The monoisotopic (exact) mass is 849 g/mol. The molecule has 0 aliphatic carbocycles. The minimum absolute atomic E-state index is 0.0624. The van der Waals surface area contributed by atoms with Gasteiger partial charge >= 0.3 is 17.9 Å². The van der Waals surface area contributed by atoms with Crippen molar-refractivity contribution in [1.82, 2.24) is 0 Å². The van der Waals surface area contributed by atoms with Crippen LogP contribution >= 0.6 is 0 Å². The van der Waals surface area contributed by atoms with Crippen molar-refractivity contribution in [2.75, 3.05) is 13.2 Å². The van der Waals surface area contributed by atoms with Crippen LogP contribution in [0.3, 0.4) is 0 Å². The molecule has 0 aliphatic rings. The predicted octanol–water partition coefficient (Wildman–Crippen LogP) is 17.6. The standard InChI is InChI=1S/C54H104O6/c1-4-7-10-13-16-18-20-22-23-24-25-26-27-28-29-30-31-32-34-35-38-41-44-47-53(56)59-50-51(49-58-52(55)46-43-40-37-15-12-9-6-3)60-54(57)48-45-42-39-36-33-21-19-17-14-11-8-5-2/h51H,4-50H2,1-3H3. The van der Waals surface area contributed by atoms with Crippen molar-refractivity contribution in [3.05, 3.63) is 0 Å². The zero-order valence-corrected chi connectivity index (χ0v) is 40.8. The largest absolute Gasteiger partial charge is 0.462 e. The third-order valence-electron chi connectivity index (χ3n) is 12.4. The number of rotatable bonds is 50. The van der Waals surface area contributed by atoms with Crippen molar-refractivity contribution >= 4 is 17.9 Å². The van der Waals surface area contributed by atoms with E-state index < -0.39 is 6.10 Å². The summed E-state index contributed by atoms with van der Waals surface area (Å²) < 4.78 is 16.7. The molecule has 0 aromatic heterocycles. The fraction of sp³-hybridized carbons (Fsp3) is 0.944. The Hall–Kier alpha value is -1.59. The molecular formula is C54H104O6. The lowest BCUT2D eigenvalue weighted by molar-refractivity contribution is -0.167. The number of esters is 3. The van der Waals surface area contributed by atoms with Crippen LogP contribution in [0.5, 0.6) is 0 Å². The first-order valence-electron chi connectivity index (χ1n) is 27.0. The van der Waals surface area contributed by atoms with Crippen LogP contribution in [0.4, 0.5) is 0 Å². The van der Waals surface area contributed by atoms with Gasteiger partial charge in [0.2, 0.25) is 0 Å². The second kappa shape index (κ2) is 50.1. The highest BCUT2D eigenvalue weighted by Gasteiger charge is 2.19. The van der Waals surface area contributed by atoms with Gasteiger partial charge in [-0.1, -0.05) is 271 Å². The van der Waals surface area contributed by atoms with Gasteiger partial charge in [0, 0.05) is 19.3 Å². The van der Waals surface area contributed by atoms with Gasteiger partial charge in [0.15, 0.2) is 6.10 Å². The first kappa shape index (κ1) is 58.4. The van der Waals surface area contributed by atoms with Crippen LogP contribution in [0, 0.1) is 0 Å². The summed E-state index contributed by atoms with van der Waals surface area (Å²) in [7, 11) is 0. The fourth-order valence-corrected chi connectivity index (χ4v) is 8.27. The Labute approximate surface area is 374 Å². The SMILES string of the molecule is CCCCCCCCCCCCCCCCCCCCCCCCCC(=O)OCC(COC(=O)CCCCCCCCC)OC(=O)CCCCCCCCCCCCCC. The van der Waals surface area contributed by atoms with Gasteiger partial charge in [-0.2, -0.15) is 0 Å². The average molecular weight is 849 g/mol. The topological polar surface area (TPSA) is 78.9 Å². The number of hydrogen-bond donors (Lipinski definition) is 0. The Morgan fingerprint density at radius 3 is 0.667 bits per heavy atom. The molecule has 356 valence electrons. The van der Waals surface area contributed by atoms with Crippen molar-refractivity contribution < 1.29 is 28.6 Å². The van der Waals surface area contributed by atoms with E-state index in [0.29, 0.717) is 19.3 Å². The quantitative estimate of drug-likeness (QED) is 0.0345. The van der Waals surface area contributed by atoms with Crippen molar-refractivity contribution in [2.45, 2.75) is 316 Å². The predicted molar refractivity (Wildman–Crippen MR) is 257 cm³/mol. The zero-order chi connectivity index (χ0) is 43.7. The van der Waals surface area contributed by atoms with Crippen molar-refractivity contribution in [3.63, 3.8) is 0 Å². The highest BCUT2D eigenvalue weighted by molar-refractivity contribution is 5.71. The van der Waals surface area contributed by atoms with E-state index in [9.17, 15) is 14.4 Å². The number of carbonyl (C=O) groups excluding carboxylic acids is 3. The maximum atomic E-state index is 12.7. The van der Waals surface area contributed by atoms with Crippen molar-refractivity contribution in [2.24, 2.45) is 0 Å². The van der Waals surface area contributed by atoms with Crippen molar-refractivity contribution in [1.29, 1.82) is 0 Å². The van der Waals surface area contributed by atoms with Crippen molar-refractivity contribution in [3.8, 4) is 0 Å². The Kier molecular flexibility index (Phi) is 48.7. The first-order valence-corrected chi connectivity index (χ1v) is 27.0. The second-order valence-corrected chi connectivity index (χ2v) is 18.5. The van der Waals surface area contributed by atoms with E-state index in [0.717, 1.165) is 57.8 Å². The highest BCUT2D eigenvalue weighted by Crippen LogP contribution is 2.17. The number of carbonyl (C=O) groups is 3. The summed E-state index contributed by atoms with van der Waals surface area (Å²) in [5, 5.41) is 0. The molecule has 0 fully saturated rings. The molecule has 1 atom stereocenters. The molecule has 1 unspecified atom stereocenters. The number of hydrogen-bond acceptors (Lipinski definition) is 6. The van der Waals surface area contributed by atoms with Gasteiger partial charge in [0.05, 0.1) is 0 Å². The summed E-state index contributed by atoms with van der Waals surface area (Å²) in [5.74, 6) is -0.849. The van der Waals surface area contributed by atoms with E-state index in [1.807, 2.05) is 0 Å². The molecule has 6 heteroatoms. The summed E-state index contributed by atoms with van der Waals surface area (Å²) in [6.07, 6.45) is 54.0. The lowest BCUT2D eigenvalue weighted by Crippen LogP contribution is -2.30. The van der Waals surface area contributed by atoms with Crippen LogP contribution in [0.25, 0.3) is 0 Å². The molecule has 0 aromatic rings. The summed E-state index contributed by atoms with van der Waals surface area (Å²) in [6.45, 7) is 6.64. The minimum atomic E-state index is -0.758. The molecule has 0 rings (SSSR count). The van der Waals surface area contributed by atoms with E-state index in [1.165, 1.54) is 212 Å². The summed E-state index contributed by atoms with van der Waals surface area (Å²) in [6, 6.07) is 0. The highest BCUT2D eigenvalue weighted by atomic mass is 16.6. The number of unbranched alkanes of at least 4 members (excludes halogenated alkanes) is 39. The second-order valence-electron chi connectivity index (χ2n) is 18.5. The summed E-state index contributed by atoms with van der Waals surface area (Å²) in [5.41, 5.74) is 0. The molecule has 0 aromatic carbocycles. The van der Waals surface area contributed by atoms with E-state index in [4.69, 9.17) is 14.2 Å². The van der Waals surface area contributed by atoms with Crippen LogP contribution in [0.1, 0.15) is 310 Å². The molecular weight excluding hydrogens is 745 g/mol. The van der Waals surface area contributed by atoms with Gasteiger partial charge in [0.1, 0.15) is 13.2 Å². The van der Waals surface area contributed by atoms with Crippen LogP contribution in [0.15, 0.2) is 0 Å². The van der Waals surface area contributed by atoms with Gasteiger partial charge < -0.3 is 14.2 Å². The Morgan fingerprint density at radius 1 is 0.267 bits per heavy atom. The zero-order valence-electron chi connectivity index (χ0n) is 40.8. The number of ether oxygens (including phenoxy) is 3. The van der Waals surface area contributed by atoms with Crippen LogP contribution in [-0.4, -0.2) is 37.2 Å². The molecule has 0 N–H and O–H groups in total. The van der Waals surface area contributed by atoms with Crippen LogP contribution < -0.4 is 0 Å². The van der Waals surface area contributed by atoms with Gasteiger partial charge in [-0.3, -0.25) is 14.4 Å². The van der Waals surface area contributed by atoms with Gasteiger partial charge in [0.25, 0.3) is 0 Å². The molecule has 6 nitrogen and oxygen atoms in total.